The summed E-state index contributed by atoms with van der Waals surface area (Å²) in [5.41, 5.74) is 1.31. The highest BCUT2D eigenvalue weighted by molar-refractivity contribution is 5.86. The van der Waals surface area contributed by atoms with Gasteiger partial charge in [0.2, 0.25) is 0 Å². The Labute approximate surface area is 99.4 Å². The third kappa shape index (κ3) is 2.67. The van der Waals surface area contributed by atoms with Crippen LogP contribution in [0.1, 0.15) is 5.56 Å². The summed E-state index contributed by atoms with van der Waals surface area (Å²) < 4.78 is 0. The van der Waals surface area contributed by atoms with Crippen LogP contribution >= 0.6 is 0 Å². The third-order valence-corrected chi connectivity index (χ3v) is 2.75. The van der Waals surface area contributed by atoms with E-state index in [1.165, 1.54) is 0 Å². The average molecular weight is 230 g/mol. The molecule has 4 heteroatoms. The molecule has 0 aromatic heterocycles. The fraction of sp³-hybridized carbons (Fsp3) is 0.231. The van der Waals surface area contributed by atoms with Crippen molar-refractivity contribution in [3.8, 4) is 0 Å². The van der Waals surface area contributed by atoms with E-state index in [1.807, 2.05) is 30.3 Å². The minimum Gasteiger partial charge on any atom is -0.314 e. The summed E-state index contributed by atoms with van der Waals surface area (Å²) in [5.74, 6) is 0. The molecule has 0 aliphatic rings. The van der Waals surface area contributed by atoms with Gasteiger partial charge in [-0.3, -0.25) is 0 Å². The summed E-state index contributed by atoms with van der Waals surface area (Å²) in [4.78, 5) is 10.8. The van der Waals surface area contributed by atoms with Gasteiger partial charge in [-0.2, -0.15) is 5.06 Å². The second-order valence-corrected chi connectivity index (χ2v) is 4.05. The van der Waals surface area contributed by atoms with E-state index in [1.54, 1.807) is 13.1 Å². The highest BCUT2D eigenvalue weighted by Gasteiger charge is 2.06. The lowest BCUT2D eigenvalue weighted by molar-refractivity contribution is -0.0634. The number of hydroxylamine groups is 2. The first-order valence-electron chi connectivity index (χ1n) is 5.46. The molecule has 1 N–H and O–H groups in total. The van der Waals surface area contributed by atoms with E-state index >= 15 is 0 Å². The van der Waals surface area contributed by atoms with E-state index in [9.17, 15) is 4.91 Å². The van der Waals surface area contributed by atoms with E-state index in [0.29, 0.717) is 18.7 Å². The molecule has 2 aromatic rings. The van der Waals surface area contributed by atoms with Crippen LogP contribution in [0.15, 0.2) is 41.6 Å². The van der Waals surface area contributed by atoms with E-state index in [-0.39, 0.29) is 0 Å². The standard InChI is InChI=1S/C13H14N2O2/c1-15(17)7-6-12-8-10-4-2-3-5-11(10)9-13(12)14-16/h2-5,8-9,17H,6-7H2,1H3. The number of rotatable bonds is 4. The Hall–Kier alpha value is -1.78. The number of hydrogen-bond donors (Lipinski definition) is 1. The van der Waals surface area contributed by atoms with Gasteiger partial charge in [0, 0.05) is 13.6 Å². The molecule has 0 atom stereocenters. The Morgan fingerprint density at radius 2 is 1.88 bits per heavy atom. The lowest BCUT2D eigenvalue weighted by Gasteiger charge is -2.09. The Kier molecular flexibility index (Phi) is 3.46. The molecular weight excluding hydrogens is 216 g/mol. The topological polar surface area (TPSA) is 52.9 Å². The first-order chi connectivity index (χ1) is 8.20. The molecule has 0 spiro atoms. The lowest BCUT2D eigenvalue weighted by atomic mass is 10.0. The second kappa shape index (κ2) is 5.03. The van der Waals surface area contributed by atoms with Gasteiger partial charge < -0.3 is 5.21 Å². The molecule has 0 amide bonds. The third-order valence-electron chi connectivity index (χ3n) is 2.75. The van der Waals surface area contributed by atoms with Crippen LogP contribution < -0.4 is 0 Å². The van der Waals surface area contributed by atoms with Crippen LogP contribution in [-0.2, 0) is 6.42 Å². The van der Waals surface area contributed by atoms with Crippen molar-refractivity contribution < 1.29 is 5.21 Å². The van der Waals surface area contributed by atoms with Crippen LogP contribution in [0.25, 0.3) is 10.8 Å². The van der Waals surface area contributed by atoms with Crippen LogP contribution in [0.5, 0.6) is 0 Å². The van der Waals surface area contributed by atoms with Gasteiger partial charge >= 0.3 is 0 Å². The minimum absolute atomic E-state index is 0.450. The molecule has 0 saturated carbocycles. The van der Waals surface area contributed by atoms with E-state index in [0.717, 1.165) is 21.4 Å². The molecule has 2 rings (SSSR count). The van der Waals surface area contributed by atoms with Gasteiger partial charge in [-0.05, 0) is 40.1 Å². The number of nitroso groups, excluding NO2 is 1. The minimum atomic E-state index is 0.450. The average Bonchev–Trinajstić information content (AvgIpc) is 2.35. The second-order valence-electron chi connectivity index (χ2n) is 4.05. The molecule has 0 aliphatic carbocycles. The van der Waals surface area contributed by atoms with Crippen molar-refractivity contribution in [2.75, 3.05) is 13.6 Å². The fourth-order valence-corrected chi connectivity index (χ4v) is 1.84. The van der Waals surface area contributed by atoms with Crippen molar-refractivity contribution in [2.24, 2.45) is 5.18 Å². The molecule has 0 heterocycles. The summed E-state index contributed by atoms with van der Waals surface area (Å²) in [6.07, 6.45) is 0.596. The van der Waals surface area contributed by atoms with Crippen LogP contribution in [0.3, 0.4) is 0 Å². The van der Waals surface area contributed by atoms with Crippen molar-refractivity contribution in [1.29, 1.82) is 0 Å². The first-order valence-corrected chi connectivity index (χ1v) is 5.46. The van der Waals surface area contributed by atoms with E-state index in [2.05, 4.69) is 5.18 Å². The number of likely N-dealkylation sites (N-methyl/N-ethyl adjacent to an activating group) is 1. The SMILES string of the molecule is CN(O)CCc1cc2ccccc2cc1N=O. The van der Waals surface area contributed by atoms with Crippen LogP contribution in [0, 0.1) is 4.91 Å². The van der Waals surface area contributed by atoms with Crippen molar-refractivity contribution in [3.63, 3.8) is 0 Å². The molecule has 0 radical (unpaired) electrons. The van der Waals surface area contributed by atoms with Gasteiger partial charge in [0.25, 0.3) is 0 Å². The summed E-state index contributed by atoms with van der Waals surface area (Å²) in [5, 5.41) is 15.3. The summed E-state index contributed by atoms with van der Waals surface area (Å²) >= 11 is 0. The van der Waals surface area contributed by atoms with E-state index in [4.69, 9.17) is 5.21 Å². The lowest BCUT2D eigenvalue weighted by Crippen LogP contribution is -2.15. The Balaban J connectivity index is 2.42. The smallest absolute Gasteiger partial charge is 0.111 e. The maximum atomic E-state index is 10.8. The zero-order valence-corrected chi connectivity index (χ0v) is 9.63. The predicted octanol–water partition coefficient (Wildman–Crippen LogP) is 3.10. The van der Waals surface area contributed by atoms with Gasteiger partial charge in [0.05, 0.1) is 0 Å². The largest absolute Gasteiger partial charge is 0.314 e. The molecule has 0 fully saturated rings. The van der Waals surface area contributed by atoms with Gasteiger partial charge in [-0.25, -0.2) is 0 Å². The molecule has 0 unspecified atom stereocenters. The fourth-order valence-electron chi connectivity index (χ4n) is 1.84. The molecule has 17 heavy (non-hydrogen) atoms. The summed E-state index contributed by atoms with van der Waals surface area (Å²) in [6.45, 7) is 0.473. The molecule has 0 saturated heterocycles. The van der Waals surface area contributed by atoms with Crippen LogP contribution in [0.4, 0.5) is 5.69 Å². The highest BCUT2D eigenvalue weighted by Crippen LogP contribution is 2.26. The first kappa shape index (κ1) is 11.7. The van der Waals surface area contributed by atoms with Crippen molar-refractivity contribution >= 4 is 16.5 Å². The monoisotopic (exact) mass is 230 g/mol. The Morgan fingerprint density at radius 1 is 1.24 bits per heavy atom. The molecule has 0 aliphatic heterocycles. The van der Waals surface area contributed by atoms with Crippen molar-refractivity contribution in [1.82, 2.24) is 5.06 Å². The number of nitrogens with zero attached hydrogens (tertiary/aromatic N) is 2. The quantitative estimate of drug-likeness (QED) is 0.648. The van der Waals surface area contributed by atoms with Crippen molar-refractivity contribution in [2.45, 2.75) is 6.42 Å². The molecule has 2 aromatic carbocycles. The maximum Gasteiger partial charge on any atom is 0.111 e. The van der Waals surface area contributed by atoms with Gasteiger partial charge in [-0.1, -0.05) is 24.3 Å². The molecule has 0 bridgehead atoms. The van der Waals surface area contributed by atoms with Gasteiger partial charge in [-0.15, -0.1) is 4.91 Å². The Bertz CT molecular complexity index is 538. The highest BCUT2D eigenvalue weighted by atomic mass is 16.5. The van der Waals surface area contributed by atoms with E-state index < -0.39 is 0 Å². The normalized spacial score (nSPS) is 11.0. The van der Waals surface area contributed by atoms with Crippen LogP contribution in [0.2, 0.25) is 0 Å². The zero-order chi connectivity index (χ0) is 12.3. The number of fused-ring (bicyclic) bond motifs is 1. The molecule has 4 nitrogen and oxygen atoms in total. The maximum absolute atomic E-state index is 10.8. The number of benzene rings is 2. The Morgan fingerprint density at radius 3 is 2.47 bits per heavy atom. The number of hydrogen-bond acceptors (Lipinski definition) is 4. The molecular formula is C13H14N2O2. The van der Waals surface area contributed by atoms with Gasteiger partial charge in [0.1, 0.15) is 5.69 Å². The predicted molar refractivity (Wildman–Crippen MR) is 67.5 cm³/mol. The summed E-state index contributed by atoms with van der Waals surface area (Å²) in [6, 6.07) is 11.6. The zero-order valence-electron chi connectivity index (χ0n) is 9.63. The van der Waals surface area contributed by atoms with Crippen molar-refractivity contribution in [3.05, 3.63) is 46.9 Å². The summed E-state index contributed by atoms with van der Waals surface area (Å²) in [7, 11) is 1.58. The van der Waals surface area contributed by atoms with Crippen LogP contribution in [-0.4, -0.2) is 23.9 Å². The van der Waals surface area contributed by atoms with Gasteiger partial charge in [0.15, 0.2) is 0 Å². The molecule has 88 valence electrons.